The van der Waals surface area contributed by atoms with Gasteiger partial charge in [0.05, 0.1) is 11.5 Å². The molecule has 0 saturated carbocycles. The first-order chi connectivity index (χ1) is 9.35. The zero-order chi connectivity index (χ0) is 14.8. The fraction of sp³-hybridized carbons (Fsp3) is 0.727. The Morgan fingerprint density at radius 3 is 2.80 bits per heavy atom. The number of rotatable bonds is 4. The van der Waals surface area contributed by atoms with Gasteiger partial charge in [0, 0.05) is 12.5 Å². The Bertz CT molecular complexity index is 582. The van der Waals surface area contributed by atoms with Crippen molar-refractivity contribution in [2.24, 2.45) is 5.92 Å². The lowest BCUT2D eigenvalue weighted by Crippen LogP contribution is -2.33. The molecule has 2 N–H and O–H groups in total. The summed E-state index contributed by atoms with van der Waals surface area (Å²) in [4.78, 5) is 0. The third-order valence-electron chi connectivity index (χ3n) is 3.03. The number of thiocarbonyl (C=S) groups is 1. The van der Waals surface area contributed by atoms with Crippen LogP contribution in [-0.2, 0) is 9.84 Å². The number of nitrogens with one attached hydrogen (secondary N) is 2. The Balaban J connectivity index is 1.78. The molecule has 1 aliphatic heterocycles. The molecule has 1 aromatic heterocycles. The van der Waals surface area contributed by atoms with E-state index in [9.17, 15) is 8.42 Å². The Hall–Kier alpha value is -0.800. The van der Waals surface area contributed by atoms with E-state index in [2.05, 4.69) is 34.7 Å². The molecule has 0 unspecified atom stereocenters. The molecule has 1 atom stereocenters. The summed E-state index contributed by atoms with van der Waals surface area (Å²) in [6.45, 7) is 4.68. The topological polar surface area (TPSA) is 84.0 Å². The van der Waals surface area contributed by atoms with E-state index in [1.165, 1.54) is 11.3 Å². The van der Waals surface area contributed by atoms with Crippen LogP contribution in [0.5, 0.6) is 0 Å². The highest BCUT2D eigenvalue weighted by Crippen LogP contribution is 2.22. The molecule has 1 saturated heterocycles. The summed E-state index contributed by atoms with van der Waals surface area (Å²) >= 11 is 6.64. The van der Waals surface area contributed by atoms with E-state index in [0.717, 1.165) is 5.01 Å². The van der Waals surface area contributed by atoms with Gasteiger partial charge in [-0.25, -0.2) is 8.42 Å². The first kappa shape index (κ1) is 15.6. The van der Waals surface area contributed by atoms with Crippen molar-refractivity contribution in [2.75, 3.05) is 23.4 Å². The predicted molar refractivity (Wildman–Crippen MR) is 85.0 cm³/mol. The van der Waals surface area contributed by atoms with E-state index >= 15 is 0 Å². The SMILES string of the molecule is CC(C)c1nnc(NC(=S)NC[C@H]2CCS(=O)(=O)C2)s1. The lowest BCUT2D eigenvalue weighted by Gasteiger charge is -2.11. The zero-order valence-electron chi connectivity index (χ0n) is 11.4. The van der Waals surface area contributed by atoms with E-state index < -0.39 is 9.84 Å². The van der Waals surface area contributed by atoms with Crippen molar-refractivity contribution in [3.8, 4) is 0 Å². The van der Waals surface area contributed by atoms with Crippen LogP contribution in [0.15, 0.2) is 0 Å². The van der Waals surface area contributed by atoms with Crippen molar-refractivity contribution in [3.63, 3.8) is 0 Å². The molecular weight excluding hydrogens is 316 g/mol. The summed E-state index contributed by atoms with van der Waals surface area (Å²) in [5.41, 5.74) is 0. The number of anilines is 1. The Labute approximate surface area is 128 Å². The van der Waals surface area contributed by atoms with Crippen LogP contribution >= 0.6 is 23.6 Å². The van der Waals surface area contributed by atoms with Crippen molar-refractivity contribution in [1.82, 2.24) is 15.5 Å². The molecular formula is C11H18N4O2S3. The summed E-state index contributed by atoms with van der Waals surface area (Å²) in [6.07, 6.45) is 0.703. The summed E-state index contributed by atoms with van der Waals surface area (Å²) in [5, 5.41) is 16.2. The number of sulfone groups is 1. The summed E-state index contributed by atoms with van der Waals surface area (Å²) in [7, 11) is -2.83. The van der Waals surface area contributed by atoms with Gasteiger partial charge < -0.3 is 10.6 Å². The average Bonchev–Trinajstić information content (AvgIpc) is 2.93. The number of aromatic nitrogens is 2. The molecule has 9 heteroatoms. The van der Waals surface area contributed by atoms with E-state index in [-0.39, 0.29) is 17.4 Å². The highest BCUT2D eigenvalue weighted by molar-refractivity contribution is 7.91. The van der Waals surface area contributed by atoms with E-state index in [0.29, 0.717) is 29.1 Å². The van der Waals surface area contributed by atoms with Crippen LogP contribution in [0.1, 0.15) is 31.2 Å². The maximum Gasteiger partial charge on any atom is 0.211 e. The molecule has 0 aliphatic carbocycles. The quantitative estimate of drug-likeness (QED) is 0.805. The molecule has 20 heavy (non-hydrogen) atoms. The van der Waals surface area contributed by atoms with Crippen molar-refractivity contribution >= 4 is 43.6 Å². The number of hydrogen-bond donors (Lipinski definition) is 2. The normalized spacial score (nSPS) is 21.1. The van der Waals surface area contributed by atoms with Crippen molar-refractivity contribution in [1.29, 1.82) is 0 Å². The minimum absolute atomic E-state index is 0.139. The minimum Gasteiger partial charge on any atom is -0.362 e. The largest absolute Gasteiger partial charge is 0.362 e. The van der Waals surface area contributed by atoms with Gasteiger partial charge >= 0.3 is 0 Å². The first-order valence-corrected chi connectivity index (χ1v) is 9.49. The molecule has 1 fully saturated rings. The third-order valence-corrected chi connectivity index (χ3v) is 6.26. The smallest absolute Gasteiger partial charge is 0.211 e. The van der Waals surface area contributed by atoms with Gasteiger partial charge in [-0.05, 0) is 24.6 Å². The molecule has 0 radical (unpaired) electrons. The van der Waals surface area contributed by atoms with Crippen LogP contribution in [0, 0.1) is 5.92 Å². The minimum atomic E-state index is -2.83. The Morgan fingerprint density at radius 1 is 1.50 bits per heavy atom. The molecule has 0 aromatic carbocycles. The van der Waals surface area contributed by atoms with Crippen molar-refractivity contribution in [3.05, 3.63) is 5.01 Å². The second-order valence-corrected chi connectivity index (χ2v) is 8.85. The van der Waals surface area contributed by atoms with Gasteiger partial charge in [-0.15, -0.1) is 10.2 Å². The number of hydrogen-bond acceptors (Lipinski definition) is 6. The molecule has 1 aromatic rings. The van der Waals surface area contributed by atoms with Gasteiger partial charge in [0.15, 0.2) is 14.9 Å². The Kier molecular flexibility index (Phi) is 4.92. The summed E-state index contributed by atoms with van der Waals surface area (Å²) in [5.74, 6) is 1.01. The second kappa shape index (κ2) is 6.31. The molecule has 2 rings (SSSR count). The average molecular weight is 334 g/mol. The molecule has 0 spiro atoms. The molecule has 6 nitrogen and oxygen atoms in total. The standard InChI is InChI=1S/C11H18N4O2S3/c1-7(2)9-14-15-11(19-9)13-10(18)12-5-8-3-4-20(16,17)6-8/h7-8H,3-6H2,1-2H3,(H2,12,13,15,18)/t8-/m1/s1. The lowest BCUT2D eigenvalue weighted by atomic mass is 10.1. The van der Waals surface area contributed by atoms with Gasteiger partial charge in [0.2, 0.25) is 5.13 Å². The van der Waals surface area contributed by atoms with Gasteiger partial charge in [-0.3, -0.25) is 0 Å². The highest BCUT2D eigenvalue weighted by Gasteiger charge is 2.27. The zero-order valence-corrected chi connectivity index (χ0v) is 13.9. The first-order valence-electron chi connectivity index (χ1n) is 6.44. The molecule has 1 aliphatic rings. The van der Waals surface area contributed by atoms with E-state index in [1.54, 1.807) is 0 Å². The van der Waals surface area contributed by atoms with E-state index in [4.69, 9.17) is 12.2 Å². The van der Waals surface area contributed by atoms with E-state index in [1.807, 2.05) is 0 Å². The van der Waals surface area contributed by atoms with Crippen molar-refractivity contribution in [2.45, 2.75) is 26.2 Å². The van der Waals surface area contributed by atoms with Crippen LogP contribution in [0.4, 0.5) is 5.13 Å². The molecule has 112 valence electrons. The fourth-order valence-electron chi connectivity index (χ4n) is 1.93. The summed E-state index contributed by atoms with van der Waals surface area (Å²) < 4.78 is 22.7. The van der Waals surface area contributed by atoms with Crippen LogP contribution in [-0.4, -0.2) is 41.8 Å². The molecule has 0 amide bonds. The van der Waals surface area contributed by atoms with Crippen LogP contribution < -0.4 is 10.6 Å². The number of nitrogens with zero attached hydrogens (tertiary/aromatic N) is 2. The van der Waals surface area contributed by atoms with Gasteiger partial charge in [0.1, 0.15) is 5.01 Å². The van der Waals surface area contributed by atoms with Crippen LogP contribution in [0.25, 0.3) is 0 Å². The summed E-state index contributed by atoms with van der Waals surface area (Å²) in [6, 6.07) is 0. The monoisotopic (exact) mass is 334 g/mol. The van der Waals surface area contributed by atoms with Crippen LogP contribution in [0.2, 0.25) is 0 Å². The third kappa shape index (κ3) is 4.35. The molecule has 2 heterocycles. The maximum absolute atomic E-state index is 11.4. The second-order valence-electron chi connectivity index (χ2n) is 5.20. The maximum atomic E-state index is 11.4. The highest BCUT2D eigenvalue weighted by atomic mass is 32.2. The Morgan fingerprint density at radius 2 is 2.25 bits per heavy atom. The molecule has 0 bridgehead atoms. The van der Waals surface area contributed by atoms with Gasteiger partial charge in [-0.1, -0.05) is 25.2 Å². The van der Waals surface area contributed by atoms with Gasteiger partial charge in [-0.2, -0.15) is 0 Å². The van der Waals surface area contributed by atoms with Gasteiger partial charge in [0.25, 0.3) is 0 Å². The fourth-order valence-corrected chi connectivity index (χ4v) is 4.79. The van der Waals surface area contributed by atoms with Crippen molar-refractivity contribution < 1.29 is 8.42 Å². The predicted octanol–water partition coefficient (Wildman–Crippen LogP) is 1.38. The van der Waals surface area contributed by atoms with Crippen LogP contribution in [0.3, 0.4) is 0 Å². The lowest BCUT2D eigenvalue weighted by molar-refractivity contribution is 0.574.